The largest absolute Gasteiger partial charge is 0.376 e. The summed E-state index contributed by atoms with van der Waals surface area (Å²) in [6.07, 6.45) is 5.26. The molecule has 130 valence electrons. The summed E-state index contributed by atoms with van der Waals surface area (Å²) in [5, 5.41) is 8.30. The van der Waals surface area contributed by atoms with Gasteiger partial charge in [-0.3, -0.25) is 4.79 Å². The summed E-state index contributed by atoms with van der Waals surface area (Å²) in [6, 6.07) is 11.9. The van der Waals surface area contributed by atoms with E-state index < -0.39 is 0 Å². The minimum atomic E-state index is 0.0524. The van der Waals surface area contributed by atoms with Gasteiger partial charge >= 0.3 is 0 Å². The molecule has 0 atom stereocenters. The highest BCUT2D eigenvalue weighted by Gasteiger charge is 2.21. The highest BCUT2D eigenvalue weighted by Crippen LogP contribution is 2.18. The van der Waals surface area contributed by atoms with Gasteiger partial charge in [-0.2, -0.15) is 5.10 Å². The third-order valence-corrected chi connectivity index (χ3v) is 4.28. The van der Waals surface area contributed by atoms with E-state index in [0.29, 0.717) is 13.1 Å². The molecule has 0 bridgehead atoms. The Balaban J connectivity index is 1.57. The second-order valence-corrected chi connectivity index (χ2v) is 6.22. The van der Waals surface area contributed by atoms with E-state index in [1.54, 1.807) is 12.3 Å². The normalized spacial score (nSPS) is 14.8. The third-order valence-electron chi connectivity index (χ3n) is 4.28. The molecule has 1 aromatic carbocycles. The molecule has 6 heteroatoms. The van der Waals surface area contributed by atoms with Crippen molar-refractivity contribution in [3.05, 3.63) is 54.2 Å². The van der Waals surface area contributed by atoms with E-state index in [0.717, 1.165) is 30.2 Å². The van der Waals surface area contributed by atoms with Gasteiger partial charge in [0.25, 0.3) is 0 Å². The molecule has 25 heavy (non-hydrogen) atoms. The molecule has 0 saturated carbocycles. The maximum absolute atomic E-state index is 12.3. The molecule has 0 spiro atoms. The average molecular weight is 337 g/mol. The lowest BCUT2D eigenvalue weighted by atomic mass is 10.2. The lowest BCUT2D eigenvalue weighted by molar-refractivity contribution is -0.126. The van der Waals surface area contributed by atoms with Gasteiger partial charge in [0, 0.05) is 52.4 Å². The van der Waals surface area contributed by atoms with Crippen LogP contribution in [0.1, 0.15) is 5.56 Å². The van der Waals surface area contributed by atoms with Gasteiger partial charge in [0.15, 0.2) is 5.82 Å². The predicted octanol–water partition coefficient (Wildman–Crippen LogP) is 1.90. The minimum absolute atomic E-state index is 0.0524. The molecule has 0 unspecified atom stereocenters. The lowest BCUT2D eigenvalue weighted by Gasteiger charge is -2.34. The van der Waals surface area contributed by atoms with Crippen molar-refractivity contribution in [3.8, 4) is 0 Å². The molecule has 1 aromatic heterocycles. The van der Waals surface area contributed by atoms with Crippen LogP contribution in [0.4, 0.5) is 11.5 Å². The summed E-state index contributed by atoms with van der Waals surface area (Å²) in [5.41, 5.74) is 2.06. The molecule has 1 saturated heterocycles. The van der Waals surface area contributed by atoms with Crippen LogP contribution in [0, 0.1) is 0 Å². The van der Waals surface area contributed by atoms with E-state index in [2.05, 4.69) is 15.1 Å². The first kappa shape index (κ1) is 17.0. The van der Waals surface area contributed by atoms with Crippen LogP contribution in [0.2, 0.25) is 0 Å². The van der Waals surface area contributed by atoms with Gasteiger partial charge in [-0.1, -0.05) is 30.3 Å². The topological polar surface area (TPSA) is 52.6 Å². The molecule has 1 fully saturated rings. The number of carbonyl (C=O) groups is 1. The molecule has 2 heterocycles. The number of hydrogen-bond acceptors (Lipinski definition) is 5. The number of piperazine rings is 1. The van der Waals surface area contributed by atoms with Crippen molar-refractivity contribution in [3.63, 3.8) is 0 Å². The maximum Gasteiger partial charge on any atom is 0.246 e. The summed E-state index contributed by atoms with van der Waals surface area (Å²) >= 11 is 0. The van der Waals surface area contributed by atoms with Gasteiger partial charge in [-0.25, -0.2) is 0 Å². The summed E-state index contributed by atoms with van der Waals surface area (Å²) in [4.78, 5) is 18.4. The van der Waals surface area contributed by atoms with Gasteiger partial charge < -0.3 is 14.7 Å². The van der Waals surface area contributed by atoms with Crippen LogP contribution in [0.15, 0.2) is 48.7 Å². The van der Waals surface area contributed by atoms with Crippen molar-refractivity contribution in [2.45, 2.75) is 0 Å². The Morgan fingerprint density at radius 1 is 1.12 bits per heavy atom. The number of benzene rings is 1. The van der Waals surface area contributed by atoms with E-state index in [9.17, 15) is 4.79 Å². The van der Waals surface area contributed by atoms with Crippen molar-refractivity contribution < 1.29 is 4.79 Å². The monoisotopic (exact) mass is 337 g/mol. The van der Waals surface area contributed by atoms with Crippen LogP contribution >= 0.6 is 0 Å². The number of nitrogens with zero attached hydrogens (tertiary/aromatic N) is 5. The lowest BCUT2D eigenvalue weighted by Crippen LogP contribution is -2.48. The third kappa shape index (κ3) is 4.35. The number of hydrogen-bond donors (Lipinski definition) is 0. The Hall–Kier alpha value is -2.89. The zero-order valence-electron chi connectivity index (χ0n) is 14.7. The van der Waals surface area contributed by atoms with Crippen LogP contribution in [-0.4, -0.2) is 61.3 Å². The number of amides is 1. The molecule has 0 N–H and O–H groups in total. The van der Waals surface area contributed by atoms with E-state index in [4.69, 9.17) is 0 Å². The van der Waals surface area contributed by atoms with Gasteiger partial charge in [0.05, 0.1) is 11.9 Å². The maximum atomic E-state index is 12.3. The average Bonchev–Trinajstić information content (AvgIpc) is 2.67. The van der Waals surface area contributed by atoms with Gasteiger partial charge in [-0.15, -0.1) is 5.10 Å². The SMILES string of the molecule is CN(C)c1cnnc(N2CCN(C(=O)C=Cc3ccccc3)CC2)c1. The van der Waals surface area contributed by atoms with Crippen molar-refractivity contribution in [2.75, 3.05) is 50.1 Å². The van der Waals surface area contributed by atoms with Crippen LogP contribution < -0.4 is 9.80 Å². The predicted molar refractivity (Wildman–Crippen MR) is 101 cm³/mol. The molecule has 1 amide bonds. The zero-order chi connectivity index (χ0) is 17.6. The number of carbonyl (C=O) groups excluding carboxylic acids is 1. The van der Waals surface area contributed by atoms with Crippen LogP contribution in [0.25, 0.3) is 6.08 Å². The zero-order valence-corrected chi connectivity index (χ0v) is 14.7. The summed E-state index contributed by atoms with van der Waals surface area (Å²) in [7, 11) is 3.97. The van der Waals surface area contributed by atoms with Crippen molar-refractivity contribution in [2.24, 2.45) is 0 Å². The minimum Gasteiger partial charge on any atom is -0.376 e. The second kappa shape index (κ2) is 7.79. The fourth-order valence-corrected chi connectivity index (χ4v) is 2.74. The smallest absolute Gasteiger partial charge is 0.246 e. The fraction of sp³-hybridized carbons (Fsp3) is 0.316. The first-order chi connectivity index (χ1) is 12.1. The molecule has 6 nitrogen and oxygen atoms in total. The summed E-state index contributed by atoms with van der Waals surface area (Å²) in [6.45, 7) is 2.89. The van der Waals surface area contributed by atoms with E-state index >= 15 is 0 Å². The first-order valence-electron chi connectivity index (χ1n) is 8.40. The molecular formula is C19H23N5O. The highest BCUT2D eigenvalue weighted by molar-refractivity contribution is 5.91. The first-order valence-corrected chi connectivity index (χ1v) is 8.40. The van der Waals surface area contributed by atoms with Crippen LogP contribution in [-0.2, 0) is 4.79 Å². The number of anilines is 2. The molecule has 0 radical (unpaired) electrons. The Labute approximate surface area is 148 Å². The Bertz CT molecular complexity index is 736. The van der Waals surface area contributed by atoms with Crippen molar-refractivity contribution >= 4 is 23.5 Å². The standard InChI is InChI=1S/C19H23N5O/c1-22(2)17-14-18(21-20-15-17)23-10-12-24(13-11-23)19(25)9-8-16-6-4-3-5-7-16/h3-9,14-15H,10-13H2,1-2H3. The molecule has 0 aliphatic carbocycles. The van der Waals surface area contributed by atoms with Crippen LogP contribution in [0.3, 0.4) is 0 Å². The quantitative estimate of drug-likeness (QED) is 0.798. The molecular weight excluding hydrogens is 314 g/mol. The number of aromatic nitrogens is 2. The Kier molecular flexibility index (Phi) is 5.28. The van der Waals surface area contributed by atoms with E-state index in [1.165, 1.54) is 0 Å². The molecule has 3 rings (SSSR count). The molecule has 1 aliphatic rings. The number of rotatable bonds is 4. The Morgan fingerprint density at radius 3 is 2.52 bits per heavy atom. The van der Waals surface area contributed by atoms with Crippen molar-refractivity contribution in [1.82, 2.24) is 15.1 Å². The van der Waals surface area contributed by atoms with Crippen molar-refractivity contribution in [1.29, 1.82) is 0 Å². The molecule has 2 aromatic rings. The summed E-state index contributed by atoms with van der Waals surface area (Å²) in [5.74, 6) is 0.912. The summed E-state index contributed by atoms with van der Waals surface area (Å²) < 4.78 is 0. The van der Waals surface area contributed by atoms with Gasteiger partial charge in [-0.05, 0) is 11.6 Å². The Morgan fingerprint density at radius 2 is 1.84 bits per heavy atom. The highest BCUT2D eigenvalue weighted by atomic mass is 16.2. The van der Waals surface area contributed by atoms with Crippen LogP contribution in [0.5, 0.6) is 0 Å². The van der Waals surface area contributed by atoms with E-state index in [1.807, 2.05) is 66.4 Å². The second-order valence-electron chi connectivity index (χ2n) is 6.22. The van der Waals surface area contributed by atoms with E-state index in [-0.39, 0.29) is 5.91 Å². The van der Waals surface area contributed by atoms with Gasteiger partial charge in [0.2, 0.25) is 5.91 Å². The molecule has 1 aliphatic heterocycles. The van der Waals surface area contributed by atoms with Gasteiger partial charge in [0.1, 0.15) is 0 Å². The fourth-order valence-electron chi connectivity index (χ4n) is 2.74.